The molecule has 0 heterocycles. The van der Waals surface area contributed by atoms with E-state index in [-0.39, 0.29) is 6.54 Å². The van der Waals surface area contributed by atoms with Gasteiger partial charge < -0.3 is 15.7 Å². The molecule has 0 bridgehead atoms. The summed E-state index contributed by atoms with van der Waals surface area (Å²) >= 11 is 3.27. The topological polar surface area (TPSA) is 78.4 Å². The Balaban J connectivity index is 2.45. The second-order valence-corrected chi connectivity index (χ2v) is 4.94. The summed E-state index contributed by atoms with van der Waals surface area (Å²) in [5, 5.41) is 14.3. The van der Waals surface area contributed by atoms with Crippen LogP contribution in [0.4, 0.5) is 5.69 Å². The van der Waals surface area contributed by atoms with Crippen molar-refractivity contribution in [2.24, 2.45) is 0 Å². The van der Waals surface area contributed by atoms with Crippen LogP contribution in [0.3, 0.4) is 0 Å². The van der Waals surface area contributed by atoms with Crippen molar-refractivity contribution in [2.75, 3.05) is 11.9 Å². The van der Waals surface area contributed by atoms with E-state index in [4.69, 9.17) is 0 Å². The largest absolute Gasteiger partial charge is 0.391 e. The summed E-state index contributed by atoms with van der Waals surface area (Å²) in [6, 6.07) is 7.00. The number of anilines is 1. The molecular formula is C13H17BrN2O3. The fourth-order valence-electron chi connectivity index (χ4n) is 1.47. The molecule has 0 aliphatic heterocycles. The van der Waals surface area contributed by atoms with E-state index in [1.165, 1.54) is 0 Å². The number of aliphatic hydroxyl groups excluding tert-OH is 1. The van der Waals surface area contributed by atoms with E-state index in [9.17, 15) is 14.7 Å². The number of carbonyl (C=O) groups excluding carboxylic acids is 2. The number of amides is 2. The minimum atomic E-state index is -0.758. The predicted octanol–water partition coefficient (Wildman–Crippen LogP) is 1.66. The van der Waals surface area contributed by atoms with E-state index < -0.39 is 17.9 Å². The fourth-order valence-corrected chi connectivity index (χ4v) is 1.85. The number of hydrogen-bond acceptors (Lipinski definition) is 3. The zero-order valence-electron chi connectivity index (χ0n) is 10.6. The van der Waals surface area contributed by atoms with Crippen LogP contribution in [-0.2, 0) is 9.59 Å². The van der Waals surface area contributed by atoms with Gasteiger partial charge in [-0.15, -0.1) is 0 Å². The summed E-state index contributed by atoms with van der Waals surface area (Å²) in [7, 11) is 0. The molecule has 1 aromatic rings. The summed E-state index contributed by atoms with van der Waals surface area (Å²) in [6.07, 6.45) is 0.789. The Morgan fingerprint density at radius 2 is 2.00 bits per heavy atom. The second-order valence-electron chi connectivity index (χ2n) is 4.09. The summed E-state index contributed by atoms with van der Waals surface area (Å²) in [6.45, 7) is 2.01. The number of nitrogens with one attached hydrogen (secondary N) is 2. The minimum absolute atomic E-state index is 0.0794. The van der Waals surface area contributed by atoms with E-state index in [2.05, 4.69) is 26.6 Å². The Kier molecular flexibility index (Phi) is 6.52. The van der Waals surface area contributed by atoms with Crippen molar-refractivity contribution in [2.45, 2.75) is 25.9 Å². The van der Waals surface area contributed by atoms with Gasteiger partial charge in [0.1, 0.15) is 0 Å². The van der Waals surface area contributed by atoms with Crippen LogP contribution in [0.15, 0.2) is 28.7 Å². The van der Waals surface area contributed by atoms with Crippen molar-refractivity contribution in [3.8, 4) is 0 Å². The number of aliphatic hydroxyl groups is 1. The van der Waals surface area contributed by atoms with E-state index in [1.807, 2.05) is 6.92 Å². The van der Waals surface area contributed by atoms with Crippen LogP contribution in [-0.4, -0.2) is 29.6 Å². The van der Waals surface area contributed by atoms with Gasteiger partial charge in [-0.25, -0.2) is 0 Å². The van der Waals surface area contributed by atoms with Crippen molar-refractivity contribution < 1.29 is 14.7 Å². The molecule has 2 amide bonds. The first-order valence-corrected chi connectivity index (χ1v) is 6.85. The maximum absolute atomic E-state index is 11.6. The average Bonchev–Trinajstić information content (AvgIpc) is 2.39. The van der Waals surface area contributed by atoms with E-state index >= 15 is 0 Å². The van der Waals surface area contributed by atoms with Crippen LogP contribution >= 0.6 is 15.9 Å². The predicted molar refractivity (Wildman–Crippen MR) is 76.7 cm³/mol. The van der Waals surface area contributed by atoms with Crippen LogP contribution in [0.2, 0.25) is 0 Å². The Labute approximate surface area is 120 Å². The normalized spacial score (nSPS) is 11.7. The monoisotopic (exact) mass is 328 g/mol. The third-order valence-electron chi connectivity index (χ3n) is 2.45. The molecule has 0 aliphatic carbocycles. The number of carbonyl (C=O) groups is 2. The van der Waals surface area contributed by atoms with Crippen LogP contribution in [0, 0.1) is 0 Å². The lowest BCUT2D eigenvalue weighted by Gasteiger charge is -2.11. The van der Waals surface area contributed by atoms with Gasteiger partial charge in [-0.1, -0.05) is 25.5 Å². The summed E-state index contributed by atoms with van der Waals surface area (Å²) in [5.41, 5.74) is 0.525. The molecule has 5 nitrogen and oxygen atoms in total. The van der Waals surface area contributed by atoms with Gasteiger partial charge >= 0.3 is 11.8 Å². The number of benzene rings is 1. The molecule has 6 heteroatoms. The molecule has 1 aromatic carbocycles. The molecule has 0 saturated heterocycles. The lowest BCUT2D eigenvalue weighted by atomic mass is 10.2. The van der Waals surface area contributed by atoms with Crippen LogP contribution in [0.5, 0.6) is 0 Å². The first-order chi connectivity index (χ1) is 9.04. The molecule has 0 radical (unpaired) electrons. The van der Waals surface area contributed by atoms with Gasteiger partial charge in [0.2, 0.25) is 0 Å². The molecule has 104 valence electrons. The Hall–Kier alpha value is -1.40. The molecule has 3 N–H and O–H groups in total. The molecule has 1 rings (SSSR count). The highest BCUT2D eigenvalue weighted by atomic mass is 79.9. The van der Waals surface area contributed by atoms with Crippen LogP contribution < -0.4 is 10.6 Å². The fraction of sp³-hybridized carbons (Fsp3) is 0.385. The van der Waals surface area contributed by atoms with Gasteiger partial charge in [0.25, 0.3) is 0 Å². The molecule has 1 atom stereocenters. The number of para-hydroxylation sites is 1. The molecule has 0 aliphatic rings. The second kappa shape index (κ2) is 7.91. The van der Waals surface area contributed by atoms with Crippen LogP contribution in [0.25, 0.3) is 0 Å². The molecule has 0 saturated carbocycles. The van der Waals surface area contributed by atoms with Gasteiger partial charge in [-0.3, -0.25) is 9.59 Å². The zero-order valence-corrected chi connectivity index (χ0v) is 12.2. The molecule has 0 fully saturated rings. The first kappa shape index (κ1) is 15.7. The third kappa shape index (κ3) is 5.40. The van der Waals surface area contributed by atoms with Gasteiger partial charge in [-0.05, 0) is 34.5 Å². The SMILES string of the molecule is CCCC(O)CNC(=O)C(=O)Nc1ccccc1Br. The van der Waals surface area contributed by atoms with Crippen molar-refractivity contribution in [1.82, 2.24) is 5.32 Å². The summed E-state index contributed by atoms with van der Waals surface area (Å²) < 4.78 is 0.696. The van der Waals surface area contributed by atoms with Crippen molar-refractivity contribution in [3.63, 3.8) is 0 Å². The number of hydrogen-bond donors (Lipinski definition) is 3. The van der Waals surface area contributed by atoms with Crippen molar-refractivity contribution in [3.05, 3.63) is 28.7 Å². The molecule has 1 unspecified atom stereocenters. The smallest absolute Gasteiger partial charge is 0.313 e. The lowest BCUT2D eigenvalue weighted by Crippen LogP contribution is -2.39. The van der Waals surface area contributed by atoms with Crippen molar-refractivity contribution in [1.29, 1.82) is 0 Å². The molecule has 0 spiro atoms. The highest BCUT2D eigenvalue weighted by Gasteiger charge is 2.15. The average molecular weight is 329 g/mol. The standard InChI is InChI=1S/C13H17BrN2O3/c1-2-5-9(17)8-15-12(18)13(19)16-11-7-4-3-6-10(11)14/h3-4,6-7,9,17H,2,5,8H2,1H3,(H,15,18)(H,16,19). The zero-order chi connectivity index (χ0) is 14.3. The Morgan fingerprint density at radius 3 is 2.63 bits per heavy atom. The van der Waals surface area contributed by atoms with E-state index in [1.54, 1.807) is 24.3 Å². The van der Waals surface area contributed by atoms with E-state index in [0.717, 1.165) is 6.42 Å². The summed E-state index contributed by atoms with van der Waals surface area (Å²) in [4.78, 5) is 23.1. The lowest BCUT2D eigenvalue weighted by molar-refractivity contribution is -0.136. The Morgan fingerprint density at radius 1 is 1.32 bits per heavy atom. The third-order valence-corrected chi connectivity index (χ3v) is 3.14. The maximum atomic E-state index is 11.6. The first-order valence-electron chi connectivity index (χ1n) is 6.06. The van der Waals surface area contributed by atoms with E-state index in [0.29, 0.717) is 16.6 Å². The number of halogens is 1. The minimum Gasteiger partial charge on any atom is -0.391 e. The van der Waals surface area contributed by atoms with Gasteiger partial charge in [-0.2, -0.15) is 0 Å². The van der Waals surface area contributed by atoms with Crippen LogP contribution in [0.1, 0.15) is 19.8 Å². The number of rotatable bonds is 5. The van der Waals surface area contributed by atoms with Gasteiger partial charge in [0.15, 0.2) is 0 Å². The highest BCUT2D eigenvalue weighted by Crippen LogP contribution is 2.20. The molecular weight excluding hydrogens is 312 g/mol. The van der Waals surface area contributed by atoms with Crippen molar-refractivity contribution >= 4 is 33.4 Å². The molecule has 0 aromatic heterocycles. The quantitative estimate of drug-likeness (QED) is 0.719. The van der Waals surface area contributed by atoms with Gasteiger partial charge in [0.05, 0.1) is 11.8 Å². The Bertz CT molecular complexity index is 451. The summed E-state index contributed by atoms with van der Waals surface area (Å²) in [5.74, 6) is -1.51. The molecule has 19 heavy (non-hydrogen) atoms. The highest BCUT2D eigenvalue weighted by molar-refractivity contribution is 9.10. The van der Waals surface area contributed by atoms with Gasteiger partial charge in [0, 0.05) is 11.0 Å². The maximum Gasteiger partial charge on any atom is 0.313 e.